The molecule has 53 heavy (non-hydrogen) atoms. The fourth-order valence-electron chi connectivity index (χ4n) is 5.69. The number of halogens is 2. The summed E-state index contributed by atoms with van der Waals surface area (Å²) in [7, 11) is 1.45. The van der Waals surface area contributed by atoms with Gasteiger partial charge in [0, 0.05) is 23.4 Å². The molecule has 0 atom stereocenters. The lowest BCUT2D eigenvalue weighted by molar-refractivity contribution is -0.137. The summed E-state index contributed by atoms with van der Waals surface area (Å²) < 4.78 is 39.4. The Hall–Kier alpha value is -6.69. The molecule has 10 nitrogen and oxygen atoms in total. The van der Waals surface area contributed by atoms with Crippen molar-refractivity contribution in [3.63, 3.8) is 0 Å². The van der Waals surface area contributed by atoms with Gasteiger partial charge < -0.3 is 24.6 Å². The SMILES string of the molecule is COc1ccc(CC(=O)Nc2ccc(C(=O)N(CC(=O)O)Cc3ccc(-c4noc(-c5ccc(-c6ccc(C)cc6)cc5)n4)cc3)c(F)c2)c(CF)c1. The number of anilines is 1. The van der Waals surface area contributed by atoms with Crippen molar-refractivity contribution < 1.29 is 37.5 Å². The Kier molecular flexibility index (Phi) is 11.0. The van der Waals surface area contributed by atoms with E-state index in [0.717, 1.165) is 27.7 Å². The number of carboxylic acid groups (broad SMARTS) is 1. The third-order valence-electron chi connectivity index (χ3n) is 8.53. The summed E-state index contributed by atoms with van der Waals surface area (Å²) in [5.74, 6) is -2.48. The Labute approximate surface area is 303 Å². The molecular formula is C41H34F2N4O6. The summed E-state index contributed by atoms with van der Waals surface area (Å²) in [5, 5.41) is 16.2. The van der Waals surface area contributed by atoms with Crippen LogP contribution in [0.5, 0.6) is 5.75 Å². The lowest BCUT2D eigenvalue weighted by Crippen LogP contribution is -2.35. The highest BCUT2D eigenvalue weighted by Crippen LogP contribution is 2.27. The van der Waals surface area contributed by atoms with E-state index in [1.807, 2.05) is 31.2 Å². The Morgan fingerprint density at radius 2 is 1.49 bits per heavy atom. The van der Waals surface area contributed by atoms with Gasteiger partial charge >= 0.3 is 5.97 Å². The van der Waals surface area contributed by atoms with Gasteiger partial charge in [-0.3, -0.25) is 14.4 Å². The third-order valence-corrected chi connectivity index (χ3v) is 8.53. The number of nitrogens with one attached hydrogen (secondary N) is 1. The summed E-state index contributed by atoms with van der Waals surface area (Å²) in [4.78, 5) is 43.3. The van der Waals surface area contributed by atoms with E-state index in [0.29, 0.717) is 39.7 Å². The van der Waals surface area contributed by atoms with Gasteiger partial charge in [-0.2, -0.15) is 4.98 Å². The highest BCUT2D eigenvalue weighted by atomic mass is 19.1. The third kappa shape index (κ3) is 8.79. The maximum atomic E-state index is 15.3. The quantitative estimate of drug-likeness (QED) is 0.123. The predicted octanol–water partition coefficient (Wildman–Crippen LogP) is 7.90. The molecule has 1 aromatic heterocycles. The van der Waals surface area contributed by atoms with Gasteiger partial charge in [-0.25, -0.2) is 8.78 Å². The number of benzene rings is 5. The Bertz CT molecular complexity index is 2250. The Morgan fingerprint density at radius 3 is 2.13 bits per heavy atom. The molecule has 0 fully saturated rings. The number of aromatic nitrogens is 2. The minimum atomic E-state index is -1.28. The summed E-state index contributed by atoms with van der Waals surface area (Å²) in [5.41, 5.74) is 5.73. The fourth-order valence-corrected chi connectivity index (χ4v) is 5.69. The van der Waals surface area contributed by atoms with Crippen molar-refractivity contribution in [3.8, 4) is 39.7 Å². The molecule has 12 heteroatoms. The minimum absolute atomic E-state index is 0.0728. The zero-order chi connectivity index (χ0) is 37.5. The van der Waals surface area contributed by atoms with Crippen LogP contribution in [0.3, 0.4) is 0 Å². The monoisotopic (exact) mass is 716 g/mol. The minimum Gasteiger partial charge on any atom is -0.497 e. The lowest BCUT2D eigenvalue weighted by Gasteiger charge is -2.21. The van der Waals surface area contributed by atoms with E-state index in [9.17, 15) is 23.9 Å². The molecule has 2 N–H and O–H groups in total. The Morgan fingerprint density at radius 1 is 0.830 bits per heavy atom. The largest absolute Gasteiger partial charge is 0.497 e. The molecule has 0 saturated heterocycles. The summed E-state index contributed by atoms with van der Waals surface area (Å²) in [6, 6.07) is 31.0. The van der Waals surface area contributed by atoms with E-state index in [-0.39, 0.29) is 24.2 Å². The zero-order valence-electron chi connectivity index (χ0n) is 28.8. The number of ether oxygens (including phenoxy) is 1. The molecule has 5 aromatic carbocycles. The van der Waals surface area contributed by atoms with Crippen LogP contribution in [0.25, 0.3) is 34.0 Å². The van der Waals surface area contributed by atoms with Crippen LogP contribution in [0.2, 0.25) is 0 Å². The molecule has 0 spiro atoms. The summed E-state index contributed by atoms with van der Waals surface area (Å²) in [6.07, 6.45) is -0.173. The molecular weight excluding hydrogens is 682 g/mol. The van der Waals surface area contributed by atoms with E-state index in [4.69, 9.17) is 9.26 Å². The highest BCUT2D eigenvalue weighted by Gasteiger charge is 2.23. The van der Waals surface area contributed by atoms with Crippen molar-refractivity contribution in [1.29, 1.82) is 0 Å². The van der Waals surface area contributed by atoms with Gasteiger partial charge in [-0.05, 0) is 77.2 Å². The summed E-state index contributed by atoms with van der Waals surface area (Å²) in [6.45, 7) is 0.423. The maximum Gasteiger partial charge on any atom is 0.323 e. The van der Waals surface area contributed by atoms with Crippen molar-refractivity contribution >= 4 is 23.5 Å². The first-order valence-electron chi connectivity index (χ1n) is 16.5. The van der Waals surface area contributed by atoms with Crippen LogP contribution >= 0.6 is 0 Å². The van der Waals surface area contributed by atoms with Crippen LogP contribution in [0.1, 0.15) is 32.6 Å². The van der Waals surface area contributed by atoms with Gasteiger partial charge in [-0.15, -0.1) is 0 Å². The molecule has 1 heterocycles. The standard InChI is InChI=1S/C41H34F2N4O6/c1-25-3-7-27(8-4-25)28-11-13-30(14-12-28)40-45-39(46-53-40)29-9-5-26(6-10-29)23-47(24-38(49)50)41(51)35-18-16-33(21-36(35)43)44-37(48)20-31-15-17-34(52-2)19-32(31)22-42/h3-19,21H,20,22-24H2,1-2H3,(H,44,48)(H,49,50). The smallest absolute Gasteiger partial charge is 0.323 e. The molecule has 0 saturated carbocycles. The average Bonchev–Trinajstić information content (AvgIpc) is 3.65. The number of hydrogen-bond donors (Lipinski definition) is 2. The van der Waals surface area contributed by atoms with Gasteiger partial charge in [0.15, 0.2) is 0 Å². The van der Waals surface area contributed by atoms with Crippen LogP contribution in [-0.4, -0.2) is 51.6 Å². The second-order valence-corrected chi connectivity index (χ2v) is 12.3. The van der Waals surface area contributed by atoms with E-state index in [1.54, 1.807) is 36.4 Å². The number of nitrogens with zero attached hydrogens (tertiary/aromatic N) is 3. The van der Waals surface area contributed by atoms with Crippen molar-refractivity contribution in [3.05, 3.63) is 143 Å². The van der Waals surface area contributed by atoms with E-state index >= 15 is 4.39 Å². The molecule has 268 valence electrons. The number of amides is 2. The van der Waals surface area contributed by atoms with Crippen molar-refractivity contribution in [2.45, 2.75) is 26.6 Å². The van der Waals surface area contributed by atoms with E-state index in [2.05, 4.69) is 39.7 Å². The van der Waals surface area contributed by atoms with Gasteiger partial charge in [-0.1, -0.05) is 77.5 Å². The first kappa shape index (κ1) is 36.1. The van der Waals surface area contributed by atoms with Gasteiger partial charge in [0.25, 0.3) is 11.8 Å². The fraction of sp³-hybridized carbons (Fsp3) is 0.146. The van der Waals surface area contributed by atoms with Gasteiger partial charge in [0.1, 0.15) is 24.8 Å². The van der Waals surface area contributed by atoms with Crippen molar-refractivity contribution in [1.82, 2.24) is 15.0 Å². The topological polar surface area (TPSA) is 135 Å². The van der Waals surface area contributed by atoms with Crippen molar-refractivity contribution in [2.75, 3.05) is 19.0 Å². The Balaban J connectivity index is 1.10. The van der Waals surface area contributed by atoms with E-state index < -0.39 is 36.8 Å². The van der Waals surface area contributed by atoms with Gasteiger partial charge in [0.2, 0.25) is 11.7 Å². The van der Waals surface area contributed by atoms with Crippen molar-refractivity contribution in [2.24, 2.45) is 0 Å². The molecule has 6 aromatic rings. The number of aliphatic carboxylic acids is 1. The number of carbonyl (C=O) groups is 3. The number of hydrogen-bond acceptors (Lipinski definition) is 7. The highest BCUT2D eigenvalue weighted by molar-refractivity contribution is 5.97. The van der Waals surface area contributed by atoms with Crippen LogP contribution in [0.4, 0.5) is 14.5 Å². The second kappa shape index (κ2) is 16.1. The average molecular weight is 717 g/mol. The second-order valence-electron chi connectivity index (χ2n) is 12.3. The van der Waals surface area contributed by atoms with Crippen LogP contribution in [0.15, 0.2) is 114 Å². The molecule has 0 bridgehead atoms. The summed E-state index contributed by atoms with van der Waals surface area (Å²) >= 11 is 0. The molecule has 0 aliphatic carbocycles. The predicted molar refractivity (Wildman–Crippen MR) is 194 cm³/mol. The van der Waals surface area contributed by atoms with E-state index in [1.165, 1.54) is 30.9 Å². The van der Waals surface area contributed by atoms with Crippen LogP contribution in [0, 0.1) is 12.7 Å². The zero-order valence-corrected chi connectivity index (χ0v) is 28.8. The molecule has 0 aliphatic heterocycles. The number of carboxylic acids is 1. The normalized spacial score (nSPS) is 10.9. The number of carbonyl (C=O) groups excluding carboxylic acids is 2. The molecule has 2 amide bonds. The molecule has 6 rings (SSSR count). The first-order chi connectivity index (χ1) is 25.6. The lowest BCUT2D eigenvalue weighted by atomic mass is 10.0. The van der Waals surface area contributed by atoms with Gasteiger partial charge in [0.05, 0.1) is 19.1 Å². The molecule has 0 aliphatic rings. The first-order valence-corrected chi connectivity index (χ1v) is 16.5. The number of alkyl halides is 1. The van der Waals surface area contributed by atoms with Crippen LogP contribution < -0.4 is 10.1 Å². The number of aryl methyl sites for hydroxylation is 1. The number of methoxy groups -OCH3 is 1. The maximum absolute atomic E-state index is 15.3. The number of rotatable bonds is 13. The molecule has 0 unspecified atom stereocenters. The van der Waals surface area contributed by atoms with Crippen LogP contribution in [-0.2, 0) is 29.2 Å². The molecule has 0 radical (unpaired) electrons.